The summed E-state index contributed by atoms with van der Waals surface area (Å²) in [7, 11) is 3.29. The van der Waals surface area contributed by atoms with Crippen LogP contribution in [0.2, 0.25) is 0 Å². The van der Waals surface area contributed by atoms with Crippen molar-refractivity contribution < 1.29 is 23.8 Å². The standard InChI is InChI=1S/C14H21NO.C13H17NO3.C10H14O/c1-16-14-8-6-13(7-9-14)5-4-12-15-10-2-3-11-15;1-17-11-8-6-10(7-9-11)12(15)4-2-3-5-13(14)16;1-3-8-11-10-6-4-9(2)5-7-10/h6-9H,2-5,10-12H2,1H3;6-9H,2-5H2,1H3,(H2,14,16);4-7H,3,8H2,1-2H3. The Bertz CT molecular complexity index is 1190. The fraction of sp³-hybridized carbons (Fsp3) is 0.459. The number of rotatable bonds is 15. The molecule has 1 saturated heterocycles. The summed E-state index contributed by atoms with van der Waals surface area (Å²) in [5.41, 5.74) is 8.37. The number of likely N-dealkylation sites (tertiary alicyclic amines) is 1. The van der Waals surface area contributed by atoms with Gasteiger partial charge in [0.25, 0.3) is 0 Å². The summed E-state index contributed by atoms with van der Waals surface area (Å²) in [4.78, 5) is 24.8. The topological polar surface area (TPSA) is 91.1 Å². The van der Waals surface area contributed by atoms with E-state index < -0.39 is 0 Å². The highest BCUT2D eigenvalue weighted by molar-refractivity contribution is 5.96. The molecule has 0 unspecified atom stereocenters. The van der Waals surface area contributed by atoms with Gasteiger partial charge < -0.3 is 24.8 Å². The Morgan fingerprint density at radius 3 is 1.84 bits per heavy atom. The summed E-state index contributed by atoms with van der Waals surface area (Å²) in [6.07, 6.45) is 8.44. The maximum Gasteiger partial charge on any atom is 0.217 e. The van der Waals surface area contributed by atoms with Crippen molar-refractivity contribution in [2.45, 2.75) is 71.6 Å². The summed E-state index contributed by atoms with van der Waals surface area (Å²) < 4.78 is 15.6. The molecular formula is C37H52N2O5. The third-order valence-electron chi connectivity index (χ3n) is 7.28. The first kappa shape index (κ1) is 36.4. The van der Waals surface area contributed by atoms with E-state index in [0.717, 1.165) is 30.3 Å². The van der Waals surface area contributed by atoms with Crippen LogP contribution in [-0.2, 0) is 11.2 Å². The second-order valence-corrected chi connectivity index (χ2v) is 11.0. The molecule has 2 N–H and O–H groups in total. The molecule has 0 aromatic heterocycles. The van der Waals surface area contributed by atoms with E-state index in [2.05, 4.69) is 43.0 Å². The highest BCUT2D eigenvalue weighted by atomic mass is 16.5. The second kappa shape index (κ2) is 21.8. The van der Waals surface area contributed by atoms with Gasteiger partial charge in [0.2, 0.25) is 5.91 Å². The van der Waals surface area contributed by atoms with Gasteiger partial charge >= 0.3 is 0 Å². The van der Waals surface area contributed by atoms with Gasteiger partial charge in [0.1, 0.15) is 17.2 Å². The molecule has 240 valence electrons. The minimum Gasteiger partial charge on any atom is -0.497 e. The highest BCUT2D eigenvalue weighted by Gasteiger charge is 2.10. The Kier molecular flexibility index (Phi) is 18.0. The minimum absolute atomic E-state index is 0.0807. The number of ether oxygens (including phenoxy) is 3. The van der Waals surface area contributed by atoms with Crippen molar-refractivity contribution in [3.05, 3.63) is 89.5 Å². The van der Waals surface area contributed by atoms with Gasteiger partial charge in [-0.25, -0.2) is 0 Å². The number of amides is 1. The average Bonchev–Trinajstić information content (AvgIpc) is 3.57. The van der Waals surface area contributed by atoms with Crippen molar-refractivity contribution in [1.82, 2.24) is 4.90 Å². The number of aryl methyl sites for hydroxylation is 2. The number of carbonyl (C=O) groups excluding carboxylic acids is 2. The molecule has 1 heterocycles. The molecule has 0 aliphatic carbocycles. The molecule has 0 saturated carbocycles. The first-order valence-corrected chi connectivity index (χ1v) is 15.8. The van der Waals surface area contributed by atoms with E-state index in [1.54, 1.807) is 38.5 Å². The molecule has 1 amide bonds. The second-order valence-electron chi connectivity index (χ2n) is 11.0. The SMILES string of the molecule is CCCOc1ccc(C)cc1.COc1ccc(C(=O)CCCCC(N)=O)cc1.COc1ccc(CCCN2CCCC2)cc1. The zero-order valence-electron chi connectivity index (χ0n) is 27.2. The lowest BCUT2D eigenvalue weighted by atomic mass is 10.0. The fourth-order valence-corrected chi connectivity index (χ4v) is 4.67. The van der Waals surface area contributed by atoms with Gasteiger partial charge in [0.05, 0.1) is 20.8 Å². The molecule has 44 heavy (non-hydrogen) atoms. The number of carbonyl (C=O) groups is 2. The number of unbranched alkanes of at least 4 members (excludes halogenated alkanes) is 1. The predicted octanol–water partition coefficient (Wildman–Crippen LogP) is 7.43. The fourth-order valence-electron chi connectivity index (χ4n) is 4.67. The molecule has 1 aliphatic heterocycles. The quantitative estimate of drug-likeness (QED) is 0.143. The first-order chi connectivity index (χ1) is 21.3. The van der Waals surface area contributed by atoms with Crippen LogP contribution >= 0.6 is 0 Å². The van der Waals surface area contributed by atoms with Crippen molar-refractivity contribution in [2.75, 3.05) is 40.5 Å². The normalized spacial score (nSPS) is 12.3. The maximum atomic E-state index is 11.7. The highest BCUT2D eigenvalue weighted by Crippen LogP contribution is 2.15. The zero-order chi connectivity index (χ0) is 32.0. The van der Waals surface area contributed by atoms with Crippen molar-refractivity contribution in [3.63, 3.8) is 0 Å². The molecule has 7 heteroatoms. The van der Waals surface area contributed by atoms with Gasteiger partial charge in [-0.3, -0.25) is 9.59 Å². The number of benzene rings is 3. The summed E-state index contributed by atoms with van der Waals surface area (Å²) >= 11 is 0. The van der Waals surface area contributed by atoms with Crippen LogP contribution in [0, 0.1) is 6.92 Å². The lowest BCUT2D eigenvalue weighted by Gasteiger charge is -2.13. The van der Waals surface area contributed by atoms with E-state index in [1.165, 1.54) is 56.4 Å². The Balaban J connectivity index is 0.000000236. The van der Waals surface area contributed by atoms with Crippen LogP contribution in [0.25, 0.3) is 0 Å². The number of nitrogens with two attached hydrogens (primary N) is 1. The number of ketones is 1. The van der Waals surface area contributed by atoms with E-state index in [4.69, 9.17) is 19.9 Å². The van der Waals surface area contributed by atoms with Crippen LogP contribution in [0.15, 0.2) is 72.8 Å². The van der Waals surface area contributed by atoms with Gasteiger partial charge in [-0.2, -0.15) is 0 Å². The van der Waals surface area contributed by atoms with Crippen LogP contribution in [-0.4, -0.2) is 57.1 Å². The molecule has 7 nitrogen and oxygen atoms in total. The molecule has 0 spiro atoms. The first-order valence-electron chi connectivity index (χ1n) is 15.8. The van der Waals surface area contributed by atoms with Crippen LogP contribution < -0.4 is 19.9 Å². The van der Waals surface area contributed by atoms with Crippen LogP contribution in [0.5, 0.6) is 17.2 Å². The molecule has 1 fully saturated rings. The smallest absolute Gasteiger partial charge is 0.217 e. The average molecular weight is 605 g/mol. The van der Waals surface area contributed by atoms with Gasteiger partial charge in [-0.05, 0) is 126 Å². The Labute approximate surface area is 264 Å². The van der Waals surface area contributed by atoms with E-state index in [9.17, 15) is 9.59 Å². The van der Waals surface area contributed by atoms with E-state index in [-0.39, 0.29) is 11.7 Å². The van der Waals surface area contributed by atoms with Crippen LogP contribution in [0.3, 0.4) is 0 Å². The predicted molar refractivity (Wildman–Crippen MR) is 179 cm³/mol. The number of hydrogen-bond acceptors (Lipinski definition) is 6. The van der Waals surface area contributed by atoms with Gasteiger partial charge in [0, 0.05) is 18.4 Å². The summed E-state index contributed by atoms with van der Waals surface area (Å²) in [5.74, 6) is 2.41. The van der Waals surface area contributed by atoms with E-state index >= 15 is 0 Å². The minimum atomic E-state index is -0.318. The van der Waals surface area contributed by atoms with E-state index in [1.807, 2.05) is 24.3 Å². The molecule has 1 aliphatic rings. The van der Waals surface area contributed by atoms with Gasteiger partial charge in [-0.15, -0.1) is 0 Å². The van der Waals surface area contributed by atoms with Crippen molar-refractivity contribution in [3.8, 4) is 17.2 Å². The monoisotopic (exact) mass is 604 g/mol. The molecule has 4 rings (SSSR count). The third-order valence-corrected chi connectivity index (χ3v) is 7.28. The number of primary amides is 1. The summed E-state index contributed by atoms with van der Waals surface area (Å²) in [6, 6.07) is 23.6. The number of Topliss-reactive ketones (excluding diaryl/α,β-unsaturated/α-hetero) is 1. The van der Waals surface area contributed by atoms with Crippen molar-refractivity contribution in [2.24, 2.45) is 5.73 Å². The number of methoxy groups -OCH3 is 2. The number of nitrogens with zero attached hydrogens (tertiary/aromatic N) is 1. The molecular weight excluding hydrogens is 552 g/mol. The van der Waals surface area contributed by atoms with E-state index in [0.29, 0.717) is 31.2 Å². The zero-order valence-corrected chi connectivity index (χ0v) is 27.2. The lowest BCUT2D eigenvalue weighted by molar-refractivity contribution is -0.118. The maximum absolute atomic E-state index is 11.7. The molecule has 0 atom stereocenters. The summed E-state index contributed by atoms with van der Waals surface area (Å²) in [5, 5.41) is 0. The Hall–Kier alpha value is -3.84. The number of hydrogen-bond donors (Lipinski definition) is 1. The molecule has 3 aromatic carbocycles. The molecule has 3 aromatic rings. The summed E-state index contributed by atoms with van der Waals surface area (Å²) in [6.45, 7) is 8.86. The largest absolute Gasteiger partial charge is 0.497 e. The van der Waals surface area contributed by atoms with Crippen molar-refractivity contribution in [1.29, 1.82) is 0 Å². The van der Waals surface area contributed by atoms with Gasteiger partial charge in [0.15, 0.2) is 5.78 Å². The molecule has 0 radical (unpaired) electrons. The third kappa shape index (κ3) is 15.6. The lowest BCUT2D eigenvalue weighted by Crippen LogP contribution is -2.20. The molecule has 0 bridgehead atoms. The van der Waals surface area contributed by atoms with Crippen LogP contribution in [0.4, 0.5) is 0 Å². The van der Waals surface area contributed by atoms with Crippen molar-refractivity contribution >= 4 is 11.7 Å². The van der Waals surface area contributed by atoms with Gasteiger partial charge in [-0.1, -0.05) is 36.8 Å². The Morgan fingerprint density at radius 2 is 1.30 bits per heavy atom. The van der Waals surface area contributed by atoms with Crippen LogP contribution in [0.1, 0.15) is 79.8 Å². The Morgan fingerprint density at radius 1 is 0.750 bits per heavy atom.